The Kier molecular flexibility index (Phi) is 2.92. The minimum atomic E-state index is -3.37. The van der Waals surface area contributed by atoms with Crippen LogP contribution in [0.2, 0.25) is 0 Å². The molecule has 0 aromatic heterocycles. The van der Waals surface area contributed by atoms with E-state index >= 15 is 0 Å². The van der Waals surface area contributed by atoms with E-state index < -0.39 is 22.0 Å². The first-order valence-corrected chi connectivity index (χ1v) is 5.97. The molecule has 0 bridgehead atoms. The van der Waals surface area contributed by atoms with Crippen LogP contribution in [0, 0.1) is 0 Å². The standard InChI is InChI=1S/C7H13NO4S/c1-13(11,12)8-5-3-2-4-6(8)7(9)10/h6H,2-5H2,1H3,(H,9,10). The smallest absolute Gasteiger partial charge is 0.322 e. The number of nitrogens with zero attached hydrogens (tertiary/aromatic N) is 1. The summed E-state index contributed by atoms with van der Waals surface area (Å²) in [6.45, 7) is 0.329. The number of carboxylic acids is 1. The molecule has 5 nitrogen and oxygen atoms in total. The van der Waals surface area contributed by atoms with Crippen LogP contribution < -0.4 is 0 Å². The summed E-state index contributed by atoms with van der Waals surface area (Å²) in [5, 5.41) is 8.77. The van der Waals surface area contributed by atoms with E-state index in [-0.39, 0.29) is 0 Å². The minimum Gasteiger partial charge on any atom is -0.480 e. The lowest BCUT2D eigenvalue weighted by Crippen LogP contribution is -2.47. The van der Waals surface area contributed by atoms with Crippen molar-refractivity contribution in [1.82, 2.24) is 4.31 Å². The number of piperidine rings is 1. The summed E-state index contributed by atoms with van der Waals surface area (Å²) in [4.78, 5) is 10.7. The van der Waals surface area contributed by atoms with Gasteiger partial charge in [0.25, 0.3) is 0 Å². The zero-order valence-electron chi connectivity index (χ0n) is 7.43. The highest BCUT2D eigenvalue weighted by molar-refractivity contribution is 7.88. The minimum absolute atomic E-state index is 0.329. The largest absolute Gasteiger partial charge is 0.480 e. The lowest BCUT2D eigenvalue weighted by molar-refractivity contribution is -0.142. The summed E-state index contributed by atoms with van der Waals surface area (Å²) >= 11 is 0. The summed E-state index contributed by atoms with van der Waals surface area (Å²) < 4.78 is 23.4. The van der Waals surface area contributed by atoms with E-state index in [2.05, 4.69) is 0 Å². The lowest BCUT2D eigenvalue weighted by Gasteiger charge is -2.30. The number of sulfonamides is 1. The Hall–Kier alpha value is -0.620. The molecule has 1 fully saturated rings. The highest BCUT2D eigenvalue weighted by atomic mass is 32.2. The number of hydrogen-bond donors (Lipinski definition) is 1. The summed E-state index contributed by atoms with van der Waals surface area (Å²) in [7, 11) is -3.37. The van der Waals surface area contributed by atoms with E-state index in [1.165, 1.54) is 0 Å². The van der Waals surface area contributed by atoms with Crippen molar-refractivity contribution in [3.63, 3.8) is 0 Å². The quantitative estimate of drug-likeness (QED) is 0.685. The van der Waals surface area contributed by atoms with Gasteiger partial charge in [-0.05, 0) is 19.3 Å². The van der Waals surface area contributed by atoms with E-state index in [0.717, 1.165) is 23.4 Å². The van der Waals surface area contributed by atoms with Gasteiger partial charge in [0.1, 0.15) is 6.04 Å². The summed E-state index contributed by atoms with van der Waals surface area (Å²) in [5.74, 6) is -1.05. The Morgan fingerprint density at radius 1 is 1.46 bits per heavy atom. The van der Waals surface area contributed by atoms with Gasteiger partial charge >= 0.3 is 5.97 Å². The fourth-order valence-electron chi connectivity index (χ4n) is 1.55. The van der Waals surface area contributed by atoms with Gasteiger partial charge in [-0.25, -0.2) is 8.42 Å². The first-order chi connectivity index (χ1) is 5.93. The van der Waals surface area contributed by atoms with Crippen molar-refractivity contribution < 1.29 is 18.3 Å². The van der Waals surface area contributed by atoms with Crippen molar-refractivity contribution in [2.75, 3.05) is 12.8 Å². The molecule has 0 saturated carbocycles. The van der Waals surface area contributed by atoms with Gasteiger partial charge in [0.05, 0.1) is 6.26 Å². The molecule has 1 N–H and O–H groups in total. The maximum Gasteiger partial charge on any atom is 0.322 e. The second-order valence-electron chi connectivity index (χ2n) is 3.22. The van der Waals surface area contributed by atoms with Gasteiger partial charge in [0.15, 0.2) is 0 Å². The van der Waals surface area contributed by atoms with Crippen molar-refractivity contribution in [2.45, 2.75) is 25.3 Å². The molecule has 76 valence electrons. The molecule has 0 aromatic carbocycles. The first kappa shape index (κ1) is 10.5. The summed E-state index contributed by atoms with van der Waals surface area (Å²) in [6, 6.07) is -0.858. The lowest BCUT2D eigenvalue weighted by atomic mass is 10.1. The molecule has 1 atom stereocenters. The number of aliphatic carboxylic acids is 1. The third-order valence-corrected chi connectivity index (χ3v) is 3.45. The molecule has 0 aliphatic carbocycles. The topological polar surface area (TPSA) is 74.7 Å². The molecule has 1 unspecified atom stereocenters. The van der Waals surface area contributed by atoms with Crippen molar-refractivity contribution in [1.29, 1.82) is 0 Å². The molecular formula is C7H13NO4S. The molecule has 0 radical (unpaired) electrons. The molecule has 0 amide bonds. The third kappa shape index (κ3) is 2.41. The Morgan fingerprint density at radius 3 is 2.46 bits per heavy atom. The van der Waals surface area contributed by atoms with Crippen LogP contribution >= 0.6 is 0 Å². The zero-order chi connectivity index (χ0) is 10.1. The molecule has 0 aromatic rings. The average Bonchev–Trinajstić information content (AvgIpc) is 2.03. The fourth-order valence-corrected chi connectivity index (χ4v) is 2.67. The van der Waals surface area contributed by atoms with Crippen LogP contribution in [0.15, 0.2) is 0 Å². The van der Waals surface area contributed by atoms with Gasteiger partial charge in [0.2, 0.25) is 10.0 Å². The first-order valence-electron chi connectivity index (χ1n) is 4.12. The van der Waals surface area contributed by atoms with Crippen LogP contribution in [0.5, 0.6) is 0 Å². The SMILES string of the molecule is CS(=O)(=O)N1CCCCC1C(=O)O. The summed E-state index contributed by atoms with van der Waals surface area (Å²) in [6.07, 6.45) is 3.00. The molecular weight excluding hydrogens is 194 g/mol. The Labute approximate surface area is 77.4 Å². The molecule has 6 heteroatoms. The van der Waals surface area contributed by atoms with Crippen molar-refractivity contribution in [3.8, 4) is 0 Å². The van der Waals surface area contributed by atoms with Gasteiger partial charge in [-0.2, -0.15) is 4.31 Å². The summed E-state index contributed by atoms with van der Waals surface area (Å²) in [5.41, 5.74) is 0. The average molecular weight is 207 g/mol. The second-order valence-corrected chi connectivity index (χ2v) is 5.16. The normalized spacial score (nSPS) is 25.8. The highest BCUT2D eigenvalue weighted by Gasteiger charge is 2.33. The predicted molar refractivity (Wildman–Crippen MR) is 46.8 cm³/mol. The van der Waals surface area contributed by atoms with E-state index in [0.29, 0.717) is 13.0 Å². The maximum atomic E-state index is 11.2. The van der Waals surface area contributed by atoms with Crippen LogP contribution in [0.25, 0.3) is 0 Å². The fraction of sp³-hybridized carbons (Fsp3) is 0.857. The molecule has 13 heavy (non-hydrogen) atoms. The zero-order valence-corrected chi connectivity index (χ0v) is 8.25. The molecule has 1 aliphatic heterocycles. The van der Waals surface area contributed by atoms with Gasteiger partial charge in [-0.15, -0.1) is 0 Å². The van der Waals surface area contributed by atoms with Crippen LogP contribution in [0.4, 0.5) is 0 Å². The third-order valence-electron chi connectivity index (χ3n) is 2.16. The van der Waals surface area contributed by atoms with E-state index in [9.17, 15) is 13.2 Å². The number of rotatable bonds is 2. The Morgan fingerprint density at radius 2 is 2.08 bits per heavy atom. The van der Waals surface area contributed by atoms with Crippen LogP contribution in [-0.4, -0.2) is 42.6 Å². The van der Waals surface area contributed by atoms with Gasteiger partial charge in [-0.3, -0.25) is 4.79 Å². The Balaban J connectivity index is 2.86. The van der Waals surface area contributed by atoms with E-state index in [4.69, 9.17) is 5.11 Å². The van der Waals surface area contributed by atoms with Crippen molar-refractivity contribution in [2.24, 2.45) is 0 Å². The maximum absolute atomic E-state index is 11.2. The van der Waals surface area contributed by atoms with Crippen LogP contribution in [0.1, 0.15) is 19.3 Å². The van der Waals surface area contributed by atoms with Crippen LogP contribution in [0.3, 0.4) is 0 Å². The highest BCUT2D eigenvalue weighted by Crippen LogP contribution is 2.19. The monoisotopic (exact) mass is 207 g/mol. The molecule has 0 spiro atoms. The van der Waals surface area contributed by atoms with Gasteiger partial charge in [0, 0.05) is 6.54 Å². The molecule has 1 aliphatic rings. The molecule has 1 saturated heterocycles. The molecule has 1 heterocycles. The number of carbonyl (C=O) groups is 1. The van der Waals surface area contributed by atoms with E-state index in [1.807, 2.05) is 0 Å². The molecule has 1 rings (SSSR count). The second kappa shape index (κ2) is 3.63. The van der Waals surface area contributed by atoms with Crippen molar-refractivity contribution >= 4 is 16.0 Å². The van der Waals surface area contributed by atoms with Gasteiger partial charge < -0.3 is 5.11 Å². The van der Waals surface area contributed by atoms with Crippen molar-refractivity contribution in [3.05, 3.63) is 0 Å². The number of hydrogen-bond acceptors (Lipinski definition) is 3. The Bertz CT molecular complexity index is 298. The number of carboxylic acid groups (broad SMARTS) is 1. The van der Waals surface area contributed by atoms with Crippen LogP contribution in [-0.2, 0) is 14.8 Å². The van der Waals surface area contributed by atoms with E-state index in [1.54, 1.807) is 0 Å². The van der Waals surface area contributed by atoms with Gasteiger partial charge in [-0.1, -0.05) is 0 Å². The predicted octanol–water partition coefficient (Wildman–Crippen LogP) is -0.115.